The summed E-state index contributed by atoms with van der Waals surface area (Å²) in [5.74, 6) is 2.45. The lowest BCUT2D eigenvalue weighted by atomic mass is 9.66. The number of ether oxygens (including phenoxy) is 1. The molecule has 0 spiro atoms. The van der Waals surface area contributed by atoms with Crippen molar-refractivity contribution >= 4 is 0 Å². The molecule has 0 aromatic rings. The number of nitrogens with one attached hydrogen (secondary N) is 1. The van der Waals surface area contributed by atoms with Crippen LogP contribution in [0.3, 0.4) is 0 Å². The molecule has 124 valence electrons. The maximum absolute atomic E-state index is 8.98. The van der Waals surface area contributed by atoms with Crippen molar-refractivity contribution in [2.45, 2.75) is 59.8 Å². The van der Waals surface area contributed by atoms with Crippen LogP contribution in [0.5, 0.6) is 0 Å². The smallest absolute Gasteiger partial charge is 0.117 e. The van der Waals surface area contributed by atoms with Gasteiger partial charge in [-0.25, -0.2) is 0 Å². The van der Waals surface area contributed by atoms with Gasteiger partial charge in [0.1, 0.15) is 19.0 Å². The summed E-state index contributed by atoms with van der Waals surface area (Å²) in [6.45, 7) is 11.6. The van der Waals surface area contributed by atoms with E-state index >= 15 is 0 Å². The fourth-order valence-electron chi connectivity index (χ4n) is 3.72. The minimum atomic E-state index is -0.00787. The predicted octanol–water partition coefficient (Wildman–Crippen LogP) is 3.73. The molecule has 0 radical (unpaired) electrons. The van der Waals surface area contributed by atoms with Crippen LogP contribution < -0.4 is 5.32 Å². The van der Waals surface area contributed by atoms with Crippen molar-refractivity contribution in [2.24, 2.45) is 17.3 Å². The zero-order chi connectivity index (χ0) is 15.7. The average Bonchev–Trinajstić information content (AvgIpc) is 2.45. The molecule has 1 aliphatic rings. The molecule has 3 heteroatoms. The molecule has 0 aliphatic heterocycles. The molecule has 0 bridgehead atoms. The highest BCUT2D eigenvalue weighted by molar-refractivity contribution is 4.89. The fourth-order valence-corrected chi connectivity index (χ4v) is 3.72. The van der Waals surface area contributed by atoms with Crippen LogP contribution in [0.15, 0.2) is 11.8 Å². The lowest BCUT2D eigenvalue weighted by Crippen LogP contribution is -2.31. The van der Waals surface area contributed by atoms with E-state index in [-0.39, 0.29) is 6.61 Å². The highest BCUT2D eigenvalue weighted by Crippen LogP contribution is 2.43. The second-order valence-corrected chi connectivity index (χ2v) is 7.25. The van der Waals surface area contributed by atoms with Crippen molar-refractivity contribution in [1.29, 1.82) is 0 Å². The predicted molar refractivity (Wildman–Crippen MR) is 89.2 cm³/mol. The molecule has 0 saturated heterocycles. The average molecular weight is 297 g/mol. The zero-order valence-electron chi connectivity index (χ0n) is 14.5. The van der Waals surface area contributed by atoms with Crippen LogP contribution in [0.25, 0.3) is 0 Å². The van der Waals surface area contributed by atoms with E-state index in [9.17, 15) is 0 Å². The zero-order valence-corrected chi connectivity index (χ0v) is 14.5. The highest BCUT2D eigenvalue weighted by Gasteiger charge is 2.32. The second-order valence-electron chi connectivity index (χ2n) is 7.25. The van der Waals surface area contributed by atoms with Crippen LogP contribution in [0.1, 0.15) is 59.8 Å². The second kappa shape index (κ2) is 9.47. The van der Waals surface area contributed by atoms with Crippen molar-refractivity contribution in [3.05, 3.63) is 11.8 Å². The van der Waals surface area contributed by atoms with Gasteiger partial charge >= 0.3 is 0 Å². The van der Waals surface area contributed by atoms with Gasteiger partial charge in [0.2, 0.25) is 0 Å². The lowest BCUT2D eigenvalue weighted by molar-refractivity contribution is 0.115. The summed E-state index contributed by atoms with van der Waals surface area (Å²) in [7, 11) is 0. The Bertz CT molecular complexity index is 312. The van der Waals surface area contributed by atoms with E-state index in [0.29, 0.717) is 17.8 Å². The standard InChI is InChI=1S/C18H35NO2/c1-5-15-11-16(13-18(3,4)12-15)7-8-19-9-10-21-17(6-2)14-20/h6,15-16,19-20H,5,7-14H2,1-4H3. The molecular weight excluding hydrogens is 262 g/mol. The largest absolute Gasteiger partial charge is 0.495 e. The number of aliphatic hydroxyl groups excluding tert-OH is 1. The molecule has 1 saturated carbocycles. The van der Waals surface area contributed by atoms with Gasteiger partial charge in [-0.1, -0.05) is 27.2 Å². The fraction of sp³-hybridized carbons (Fsp3) is 0.889. The SMILES string of the molecule is CC=C(CO)OCCNCCC1CC(CC)CC(C)(C)C1. The van der Waals surface area contributed by atoms with Crippen molar-refractivity contribution in [3.63, 3.8) is 0 Å². The molecule has 1 fully saturated rings. The van der Waals surface area contributed by atoms with E-state index in [1.54, 1.807) is 0 Å². The minimum Gasteiger partial charge on any atom is -0.495 e. The number of rotatable bonds is 9. The summed E-state index contributed by atoms with van der Waals surface area (Å²) in [6.07, 6.45) is 8.59. The van der Waals surface area contributed by atoms with E-state index in [1.807, 2.05) is 13.0 Å². The van der Waals surface area contributed by atoms with E-state index in [2.05, 4.69) is 26.1 Å². The number of hydrogen-bond acceptors (Lipinski definition) is 3. The van der Waals surface area contributed by atoms with Gasteiger partial charge in [-0.2, -0.15) is 0 Å². The highest BCUT2D eigenvalue weighted by atomic mass is 16.5. The molecular formula is C18H35NO2. The first-order valence-electron chi connectivity index (χ1n) is 8.60. The molecule has 1 aliphatic carbocycles. The Morgan fingerprint density at radius 1 is 1.29 bits per heavy atom. The monoisotopic (exact) mass is 297 g/mol. The summed E-state index contributed by atoms with van der Waals surface area (Å²) in [5, 5.41) is 12.4. The third kappa shape index (κ3) is 7.32. The number of hydrogen-bond donors (Lipinski definition) is 2. The molecule has 1 rings (SSSR count). The number of allylic oxidation sites excluding steroid dienone is 1. The molecule has 21 heavy (non-hydrogen) atoms. The Labute approximate surface area is 131 Å². The van der Waals surface area contributed by atoms with Gasteiger partial charge in [-0.05, 0) is 62.5 Å². The van der Waals surface area contributed by atoms with Crippen LogP contribution in [0.2, 0.25) is 0 Å². The van der Waals surface area contributed by atoms with Crippen LogP contribution in [0, 0.1) is 17.3 Å². The van der Waals surface area contributed by atoms with Gasteiger partial charge in [0, 0.05) is 6.54 Å². The van der Waals surface area contributed by atoms with Gasteiger partial charge in [-0.3, -0.25) is 0 Å². The Hall–Kier alpha value is -0.540. The Morgan fingerprint density at radius 2 is 2.00 bits per heavy atom. The van der Waals surface area contributed by atoms with E-state index in [0.717, 1.165) is 24.9 Å². The van der Waals surface area contributed by atoms with E-state index < -0.39 is 0 Å². The van der Waals surface area contributed by atoms with Gasteiger partial charge in [-0.15, -0.1) is 0 Å². The minimum absolute atomic E-state index is 0.00787. The molecule has 0 aromatic carbocycles. The van der Waals surface area contributed by atoms with Crippen LogP contribution in [-0.2, 0) is 4.74 Å². The van der Waals surface area contributed by atoms with Crippen molar-refractivity contribution in [3.8, 4) is 0 Å². The summed E-state index contributed by atoms with van der Waals surface area (Å²) < 4.78 is 5.45. The Kier molecular flexibility index (Phi) is 8.35. The number of aliphatic hydroxyl groups is 1. The van der Waals surface area contributed by atoms with Crippen LogP contribution in [0.4, 0.5) is 0 Å². The first-order valence-corrected chi connectivity index (χ1v) is 8.60. The topological polar surface area (TPSA) is 41.5 Å². The summed E-state index contributed by atoms with van der Waals surface area (Å²) in [6, 6.07) is 0. The van der Waals surface area contributed by atoms with Crippen molar-refractivity contribution < 1.29 is 9.84 Å². The molecule has 3 nitrogen and oxygen atoms in total. The third-order valence-electron chi connectivity index (χ3n) is 4.70. The van der Waals surface area contributed by atoms with E-state index in [4.69, 9.17) is 9.84 Å². The maximum atomic E-state index is 8.98. The Morgan fingerprint density at radius 3 is 2.62 bits per heavy atom. The molecule has 2 N–H and O–H groups in total. The van der Waals surface area contributed by atoms with Gasteiger partial charge in [0.05, 0.1) is 0 Å². The maximum Gasteiger partial charge on any atom is 0.117 e. The van der Waals surface area contributed by atoms with Crippen LogP contribution in [-0.4, -0.2) is 31.4 Å². The van der Waals surface area contributed by atoms with Crippen LogP contribution >= 0.6 is 0 Å². The normalized spacial score (nSPS) is 25.9. The summed E-state index contributed by atoms with van der Waals surface area (Å²) in [4.78, 5) is 0. The molecule has 0 amide bonds. The molecule has 0 aromatic heterocycles. The molecule has 2 atom stereocenters. The third-order valence-corrected chi connectivity index (χ3v) is 4.70. The molecule has 0 heterocycles. The van der Waals surface area contributed by atoms with Gasteiger partial charge < -0.3 is 15.2 Å². The van der Waals surface area contributed by atoms with Crippen molar-refractivity contribution in [1.82, 2.24) is 5.32 Å². The lowest BCUT2D eigenvalue weighted by Gasteiger charge is -2.40. The quantitative estimate of drug-likeness (QED) is 0.503. The first kappa shape index (κ1) is 18.5. The van der Waals surface area contributed by atoms with Gasteiger partial charge in [0.25, 0.3) is 0 Å². The summed E-state index contributed by atoms with van der Waals surface area (Å²) >= 11 is 0. The molecule has 2 unspecified atom stereocenters. The van der Waals surface area contributed by atoms with E-state index in [1.165, 1.54) is 32.1 Å². The summed E-state index contributed by atoms with van der Waals surface area (Å²) in [5.41, 5.74) is 0.522. The van der Waals surface area contributed by atoms with Gasteiger partial charge in [0.15, 0.2) is 0 Å². The Balaban J connectivity index is 2.14. The van der Waals surface area contributed by atoms with Crippen molar-refractivity contribution in [2.75, 3.05) is 26.3 Å². The first-order chi connectivity index (χ1) is 10.0.